The number of esters is 1. The van der Waals surface area contributed by atoms with Crippen LogP contribution in [-0.4, -0.2) is 12.6 Å². The second-order valence-corrected chi connectivity index (χ2v) is 5.16. The number of allylic oxidation sites excluding steroid dienone is 1. The zero-order valence-corrected chi connectivity index (χ0v) is 12.9. The Hall–Kier alpha value is -1.57. The standard InChI is InChI=1S/C18H26O2/c1-4-6-10-17(13-15(3)18(19)20-5-2)14-16-11-8-7-9-12-16/h7-9,11-13,17H,4-6,10,14H2,1-3H3/b15-13+/t17-/m1/s1. The van der Waals surface area contributed by atoms with Crippen molar-refractivity contribution >= 4 is 5.97 Å². The SMILES string of the molecule is CCCC[C@H](/C=C(\C)C(=O)OCC)Cc1ccccc1. The van der Waals surface area contributed by atoms with Gasteiger partial charge in [0.25, 0.3) is 0 Å². The van der Waals surface area contributed by atoms with Crippen molar-refractivity contribution in [1.29, 1.82) is 0 Å². The number of hydrogen-bond acceptors (Lipinski definition) is 2. The molecule has 0 radical (unpaired) electrons. The van der Waals surface area contributed by atoms with E-state index in [0.29, 0.717) is 12.5 Å². The second kappa shape index (κ2) is 9.35. The number of benzene rings is 1. The number of unbranched alkanes of at least 4 members (excludes halogenated alkanes) is 1. The molecular weight excluding hydrogens is 248 g/mol. The summed E-state index contributed by atoms with van der Waals surface area (Å²) in [7, 11) is 0. The Morgan fingerprint density at radius 3 is 2.55 bits per heavy atom. The van der Waals surface area contributed by atoms with Crippen LogP contribution in [0.25, 0.3) is 0 Å². The lowest BCUT2D eigenvalue weighted by Crippen LogP contribution is -2.09. The van der Waals surface area contributed by atoms with E-state index in [4.69, 9.17) is 4.74 Å². The van der Waals surface area contributed by atoms with Crippen molar-refractivity contribution < 1.29 is 9.53 Å². The van der Waals surface area contributed by atoms with Crippen LogP contribution in [0.15, 0.2) is 42.0 Å². The maximum Gasteiger partial charge on any atom is 0.333 e. The maximum atomic E-state index is 11.7. The molecule has 1 aromatic rings. The van der Waals surface area contributed by atoms with Crippen molar-refractivity contribution in [1.82, 2.24) is 0 Å². The summed E-state index contributed by atoms with van der Waals surface area (Å²) in [6.45, 7) is 6.31. The first kappa shape index (κ1) is 16.5. The molecule has 0 bridgehead atoms. The van der Waals surface area contributed by atoms with E-state index in [0.717, 1.165) is 18.4 Å². The molecule has 1 atom stereocenters. The Morgan fingerprint density at radius 1 is 1.25 bits per heavy atom. The molecule has 0 N–H and O–H groups in total. The highest BCUT2D eigenvalue weighted by molar-refractivity contribution is 5.87. The molecule has 0 fully saturated rings. The van der Waals surface area contributed by atoms with E-state index in [-0.39, 0.29) is 5.97 Å². The van der Waals surface area contributed by atoms with E-state index in [1.165, 1.54) is 18.4 Å². The Morgan fingerprint density at radius 2 is 1.95 bits per heavy atom. The third-order valence-electron chi connectivity index (χ3n) is 3.35. The summed E-state index contributed by atoms with van der Waals surface area (Å²) in [5.41, 5.74) is 2.05. The van der Waals surface area contributed by atoms with Crippen LogP contribution in [0.1, 0.15) is 45.6 Å². The predicted octanol–water partition coefficient (Wildman–Crippen LogP) is 4.54. The minimum Gasteiger partial charge on any atom is -0.463 e. The summed E-state index contributed by atoms with van der Waals surface area (Å²) in [6.07, 6.45) is 6.54. The number of carbonyl (C=O) groups is 1. The van der Waals surface area contributed by atoms with E-state index >= 15 is 0 Å². The van der Waals surface area contributed by atoms with E-state index in [1.807, 2.05) is 19.9 Å². The first-order valence-electron chi connectivity index (χ1n) is 7.56. The van der Waals surface area contributed by atoms with E-state index < -0.39 is 0 Å². The fourth-order valence-corrected chi connectivity index (χ4v) is 2.29. The summed E-state index contributed by atoms with van der Waals surface area (Å²) in [5, 5.41) is 0. The van der Waals surface area contributed by atoms with Gasteiger partial charge < -0.3 is 4.74 Å². The highest BCUT2D eigenvalue weighted by Crippen LogP contribution is 2.19. The van der Waals surface area contributed by atoms with Crippen molar-refractivity contribution in [3.05, 3.63) is 47.5 Å². The fraction of sp³-hybridized carbons (Fsp3) is 0.500. The molecule has 0 saturated heterocycles. The van der Waals surface area contributed by atoms with Crippen LogP contribution in [0, 0.1) is 5.92 Å². The normalized spacial score (nSPS) is 13.1. The van der Waals surface area contributed by atoms with Gasteiger partial charge in [0.15, 0.2) is 0 Å². The molecule has 0 aliphatic rings. The van der Waals surface area contributed by atoms with Gasteiger partial charge in [0.2, 0.25) is 0 Å². The minimum atomic E-state index is -0.193. The van der Waals surface area contributed by atoms with Gasteiger partial charge in [-0.1, -0.05) is 56.2 Å². The van der Waals surface area contributed by atoms with Crippen molar-refractivity contribution in [3.8, 4) is 0 Å². The van der Waals surface area contributed by atoms with Gasteiger partial charge in [-0.15, -0.1) is 0 Å². The van der Waals surface area contributed by atoms with Gasteiger partial charge in [-0.25, -0.2) is 4.79 Å². The molecule has 0 aromatic heterocycles. The molecule has 1 aromatic carbocycles. The zero-order chi connectivity index (χ0) is 14.8. The van der Waals surface area contributed by atoms with E-state index in [1.54, 1.807) is 0 Å². The van der Waals surface area contributed by atoms with Crippen LogP contribution in [0.5, 0.6) is 0 Å². The summed E-state index contributed by atoms with van der Waals surface area (Å²) in [4.78, 5) is 11.7. The number of ether oxygens (including phenoxy) is 1. The van der Waals surface area contributed by atoms with Crippen LogP contribution >= 0.6 is 0 Å². The Balaban J connectivity index is 2.73. The lowest BCUT2D eigenvalue weighted by atomic mass is 9.92. The molecule has 0 saturated carbocycles. The van der Waals surface area contributed by atoms with Crippen LogP contribution in [0.3, 0.4) is 0 Å². The largest absolute Gasteiger partial charge is 0.463 e. The fourth-order valence-electron chi connectivity index (χ4n) is 2.29. The zero-order valence-electron chi connectivity index (χ0n) is 12.9. The molecule has 0 aliphatic heterocycles. The maximum absolute atomic E-state index is 11.7. The Kier molecular flexibility index (Phi) is 7.71. The van der Waals surface area contributed by atoms with Crippen LogP contribution in [-0.2, 0) is 16.0 Å². The predicted molar refractivity (Wildman–Crippen MR) is 83.6 cm³/mol. The minimum absolute atomic E-state index is 0.193. The molecular formula is C18H26O2. The number of carbonyl (C=O) groups excluding carboxylic acids is 1. The first-order valence-corrected chi connectivity index (χ1v) is 7.56. The van der Waals surface area contributed by atoms with Crippen molar-refractivity contribution in [2.75, 3.05) is 6.61 Å². The van der Waals surface area contributed by atoms with Gasteiger partial charge in [0.05, 0.1) is 6.61 Å². The lowest BCUT2D eigenvalue weighted by Gasteiger charge is -2.14. The molecule has 2 nitrogen and oxygen atoms in total. The topological polar surface area (TPSA) is 26.3 Å². The average molecular weight is 274 g/mol. The highest BCUT2D eigenvalue weighted by atomic mass is 16.5. The molecule has 0 spiro atoms. The van der Waals surface area contributed by atoms with Gasteiger partial charge in [-0.2, -0.15) is 0 Å². The molecule has 110 valence electrons. The van der Waals surface area contributed by atoms with Gasteiger partial charge in [-0.05, 0) is 38.2 Å². The van der Waals surface area contributed by atoms with Crippen molar-refractivity contribution in [3.63, 3.8) is 0 Å². The summed E-state index contributed by atoms with van der Waals surface area (Å²) < 4.78 is 5.05. The Labute approximate surface area is 122 Å². The van der Waals surface area contributed by atoms with Crippen LogP contribution < -0.4 is 0 Å². The molecule has 0 aliphatic carbocycles. The number of hydrogen-bond donors (Lipinski definition) is 0. The quantitative estimate of drug-likeness (QED) is 0.513. The summed E-state index contributed by atoms with van der Waals surface area (Å²) in [5.74, 6) is 0.212. The molecule has 0 unspecified atom stereocenters. The van der Waals surface area contributed by atoms with Gasteiger partial charge in [-0.3, -0.25) is 0 Å². The van der Waals surface area contributed by atoms with Crippen LogP contribution in [0.2, 0.25) is 0 Å². The third-order valence-corrected chi connectivity index (χ3v) is 3.35. The van der Waals surface area contributed by atoms with Gasteiger partial charge in [0, 0.05) is 5.57 Å². The monoisotopic (exact) mass is 274 g/mol. The summed E-state index contributed by atoms with van der Waals surface area (Å²) in [6, 6.07) is 10.4. The van der Waals surface area contributed by atoms with Crippen LogP contribution in [0.4, 0.5) is 0 Å². The second-order valence-electron chi connectivity index (χ2n) is 5.16. The smallest absolute Gasteiger partial charge is 0.333 e. The van der Waals surface area contributed by atoms with Crippen molar-refractivity contribution in [2.45, 2.75) is 46.5 Å². The third kappa shape index (κ3) is 6.05. The Bertz CT molecular complexity index is 420. The molecule has 20 heavy (non-hydrogen) atoms. The highest BCUT2D eigenvalue weighted by Gasteiger charge is 2.11. The van der Waals surface area contributed by atoms with Gasteiger partial charge >= 0.3 is 5.97 Å². The molecule has 0 heterocycles. The first-order chi connectivity index (χ1) is 9.67. The molecule has 1 rings (SSSR count). The molecule has 2 heteroatoms. The van der Waals surface area contributed by atoms with Gasteiger partial charge in [0.1, 0.15) is 0 Å². The van der Waals surface area contributed by atoms with E-state index in [9.17, 15) is 4.79 Å². The number of rotatable bonds is 8. The van der Waals surface area contributed by atoms with E-state index in [2.05, 4.69) is 37.3 Å². The average Bonchev–Trinajstić information content (AvgIpc) is 2.46. The molecule has 0 amide bonds. The summed E-state index contributed by atoms with van der Waals surface area (Å²) >= 11 is 0. The lowest BCUT2D eigenvalue weighted by molar-refractivity contribution is -0.138. The van der Waals surface area contributed by atoms with Crippen molar-refractivity contribution in [2.24, 2.45) is 5.92 Å².